The summed E-state index contributed by atoms with van der Waals surface area (Å²) in [4.78, 5) is 14.7. The number of allylic oxidation sites excluding steroid dienone is 8. The van der Waals surface area contributed by atoms with Crippen molar-refractivity contribution in [2.75, 3.05) is 33.9 Å². The van der Waals surface area contributed by atoms with Gasteiger partial charge in [0.2, 0.25) is 0 Å². The third kappa shape index (κ3) is 34.5. The summed E-state index contributed by atoms with van der Waals surface area (Å²) in [5.41, 5.74) is 0. The molecule has 0 aliphatic heterocycles. The van der Waals surface area contributed by atoms with Crippen LogP contribution < -0.4 is 0 Å². The summed E-state index contributed by atoms with van der Waals surface area (Å²) in [5, 5.41) is 0. The Balaban J connectivity index is 2.22. The molecule has 2 unspecified atom stereocenters. The van der Waals surface area contributed by atoms with Gasteiger partial charge in [0.05, 0.1) is 12.2 Å². The molecule has 1 saturated carbocycles. The number of hydrogen-bond acceptors (Lipinski definition) is 5. The number of rotatable bonds is 37. The van der Waals surface area contributed by atoms with Gasteiger partial charge in [0.25, 0.3) is 0 Å². The molecule has 0 spiro atoms. The van der Waals surface area contributed by atoms with Crippen LogP contribution in [0.25, 0.3) is 0 Å². The molecule has 0 aromatic rings. The van der Waals surface area contributed by atoms with Crippen molar-refractivity contribution >= 4 is 5.97 Å². The van der Waals surface area contributed by atoms with Gasteiger partial charge in [-0.2, -0.15) is 0 Å². The molecule has 0 aromatic carbocycles. The number of carbonyl (C=O) groups excluding carboxylic acids is 1. The Hall–Kier alpha value is -1.69. The zero-order valence-electron chi connectivity index (χ0n) is 35.6. The van der Waals surface area contributed by atoms with E-state index in [-0.39, 0.29) is 24.3 Å². The first-order valence-corrected chi connectivity index (χ1v) is 22.7. The lowest BCUT2D eigenvalue weighted by Crippen LogP contribution is -2.38. The van der Waals surface area contributed by atoms with Crippen molar-refractivity contribution in [1.82, 2.24) is 4.90 Å². The first kappa shape index (κ1) is 49.3. The predicted octanol–water partition coefficient (Wildman–Crippen LogP) is 13.8. The van der Waals surface area contributed by atoms with Gasteiger partial charge in [0.1, 0.15) is 6.10 Å². The molecular formula is C48H87NO4. The van der Waals surface area contributed by atoms with Crippen LogP contribution in [0.4, 0.5) is 0 Å². The number of carbonyl (C=O) groups is 1. The topological polar surface area (TPSA) is 48.0 Å². The van der Waals surface area contributed by atoms with Gasteiger partial charge in [-0.1, -0.05) is 140 Å². The lowest BCUT2D eigenvalue weighted by molar-refractivity contribution is -0.158. The molecule has 1 fully saturated rings. The Morgan fingerprint density at radius 1 is 0.491 bits per heavy atom. The number of nitrogens with zero attached hydrogens (tertiary/aromatic N) is 1. The lowest BCUT2D eigenvalue weighted by atomic mass is 9.92. The summed E-state index contributed by atoms with van der Waals surface area (Å²) >= 11 is 0. The Bertz CT molecular complexity index is 851. The number of esters is 1. The van der Waals surface area contributed by atoms with E-state index in [0.29, 0.717) is 6.42 Å². The summed E-state index contributed by atoms with van der Waals surface area (Å²) in [6.07, 6.45) is 52.7. The van der Waals surface area contributed by atoms with Crippen LogP contribution in [0.5, 0.6) is 0 Å². The van der Waals surface area contributed by atoms with E-state index in [9.17, 15) is 4.79 Å². The highest BCUT2D eigenvalue weighted by molar-refractivity contribution is 5.69. The van der Waals surface area contributed by atoms with E-state index in [1.807, 2.05) is 14.1 Å². The van der Waals surface area contributed by atoms with Gasteiger partial charge in [-0.3, -0.25) is 4.79 Å². The molecule has 5 nitrogen and oxygen atoms in total. The first-order chi connectivity index (χ1) is 26.0. The molecule has 1 aliphatic rings. The molecule has 308 valence electrons. The van der Waals surface area contributed by atoms with E-state index < -0.39 is 0 Å². The van der Waals surface area contributed by atoms with Gasteiger partial charge >= 0.3 is 5.97 Å². The highest BCUT2D eigenvalue weighted by atomic mass is 16.6. The molecule has 1 rings (SSSR count). The van der Waals surface area contributed by atoms with Gasteiger partial charge in [-0.05, 0) is 104 Å². The van der Waals surface area contributed by atoms with Gasteiger partial charge in [0, 0.05) is 38.9 Å². The average molecular weight is 742 g/mol. The largest absolute Gasteiger partial charge is 0.462 e. The normalized spacial score (nSPS) is 18.2. The predicted molar refractivity (Wildman–Crippen MR) is 230 cm³/mol. The van der Waals surface area contributed by atoms with Crippen molar-refractivity contribution in [2.24, 2.45) is 0 Å². The van der Waals surface area contributed by atoms with Crippen LogP contribution in [0.15, 0.2) is 48.6 Å². The highest BCUT2D eigenvalue weighted by Gasteiger charge is 2.32. The Morgan fingerprint density at radius 2 is 0.868 bits per heavy atom. The van der Waals surface area contributed by atoms with E-state index in [1.165, 1.54) is 128 Å². The highest BCUT2D eigenvalue weighted by Crippen LogP contribution is 2.27. The zero-order valence-corrected chi connectivity index (χ0v) is 35.6. The minimum atomic E-state index is -0.0997. The van der Waals surface area contributed by atoms with Gasteiger partial charge in [-0.25, -0.2) is 0 Å². The van der Waals surface area contributed by atoms with Crippen LogP contribution in [0.3, 0.4) is 0 Å². The molecule has 0 saturated heterocycles. The standard InChI is InChI=1S/C48H87NO4/c1-5-7-9-11-13-15-17-19-21-23-25-27-29-31-33-35-40-51-45-42-46(44-47(43-45)53-48(50)38-37-39-49(3)4)52-41-36-34-32-30-28-26-24-22-20-18-16-14-12-10-8-6-2/h13-16,19-22,45-47H,5-12,17-18,23-44H2,1-4H3. The Kier molecular flexibility index (Phi) is 35.9. The van der Waals surface area contributed by atoms with Crippen molar-refractivity contribution in [3.05, 3.63) is 48.6 Å². The summed E-state index contributed by atoms with van der Waals surface area (Å²) in [7, 11) is 4.08. The van der Waals surface area contributed by atoms with Crippen LogP contribution >= 0.6 is 0 Å². The maximum Gasteiger partial charge on any atom is 0.306 e. The van der Waals surface area contributed by atoms with E-state index in [4.69, 9.17) is 14.2 Å². The van der Waals surface area contributed by atoms with E-state index >= 15 is 0 Å². The average Bonchev–Trinajstić information content (AvgIpc) is 3.14. The number of unbranched alkanes of at least 4 members (excludes halogenated alkanes) is 18. The summed E-state index contributed by atoms with van der Waals surface area (Å²) in [5.74, 6) is -0.0773. The second kappa shape index (κ2) is 38.6. The molecule has 0 bridgehead atoms. The van der Waals surface area contributed by atoms with Crippen molar-refractivity contribution < 1.29 is 19.0 Å². The van der Waals surface area contributed by atoms with E-state index in [2.05, 4.69) is 67.4 Å². The Labute approximate surface area is 329 Å². The first-order valence-electron chi connectivity index (χ1n) is 22.7. The quantitative estimate of drug-likeness (QED) is 0.0360. The third-order valence-corrected chi connectivity index (χ3v) is 10.3. The van der Waals surface area contributed by atoms with Crippen LogP contribution in [0.1, 0.15) is 200 Å². The maximum atomic E-state index is 12.6. The molecule has 5 heteroatoms. The monoisotopic (exact) mass is 742 g/mol. The van der Waals surface area contributed by atoms with Crippen LogP contribution in [0, 0.1) is 0 Å². The molecule has 2 atom stereocenters. The van der Waals surface area contributed by atoms with E-state index in [1.54, 1.807) is 0 Å². The van der Waals surface area contributed by atoms with Crippen molar-refractivity contribution in [3.63, 3.8) is 0 Å². The second-order valence-electron chi connectivity index (χ2n) is 15.9. The zero-order chi connectivity index (χ0) is 38.3. The van der Waals surface area contributed by atoms with Crippen molar-refractivity contribution in [1.29, 1.82) is 0 Å². The van der Waals surface area contributed by atoms with Crippen molar-refractivity contribution in [2.45, 2.75) is 218 Å². The molecule has 0 heterocycles. The van der Waals surface area contributed by atoms with Crippen LogP contribution in [-0.4, -0.2) is 63.0 Å². The van der Waals surface area contributed by atoms with Gasteiger partial charge in [-0.15, -0.1) is 0 Å². The fourth-order valence-electron chi connectivity index (χ4n) is 7.00. The maximum absolute atomic E-state index is 12.6. The van der Waals surface area contributed by atoms with Crippen LogP contribution in [-0.2, 0) is 19.0 Å². The van der Waals surface area contributed by atoms with Gasteiger partial charge in [0.15, 0.2) is 0 Å². The summed E-state index contributed by atoms with van der Waals surface area (Å²) in [6.45, 7) is 7.01. The Morgan fingerprint density at radius 3 is 1.28 bits per heavy atom. The van der Waals surface area contributed by atoms with E-state index in [0.717, 1.165) is 71.1 Å². The minimum Gasteiger partial charge on any atom is -0.462 e. The number of hydrogen-bond donors (Lipinski definition) is 0. The SMILES string of the molecule is CCCCCC=CCC=CCCCCCCCCOC1CC(OCCCCCCCCC=CCC=CCCCCC)CC(OC(=O)CCCN(C)C)C1. The molecule has 0 aromatic heterocycles. The lowest BCUT2D eigenvalue weighted by Gasteiger charge is -2.34. The second-order valence-corrected chi connectivity index (χ2v) is 15.9. The minimum absolute atomic E-state index is 0.0773. The third-order valence-electron chi connectivity index (χ3n) is 10.3. The molecular weight excluding hydrogens is 655 g/mol. The van der Waals surface area contributed by atoms with Crippen molar-refractivity contribution in [3.8, 4) is 0 Å². The summed E-state index contributed by atoms with van der Waals surface area (Å²) in [6, 6.07) is 0. The number of ether oxygens (including phenoxy) is 3. The molecule has 0 radical (unpaired) electrons. The molecule has 0 N–H and O–H groups in total. The summed E-state index contributed by atoms with van der Waals surface area (Å²) < 4.78 is 18.8. The fraction of sp³-hybridized carbons (Fsp3) is 0.812. The molecule has 0 amide bonds. The van der Waals surface area contributed by atoms with Crippen LogP contribution in [0.2, 0.25) is 0 Å². The molecule has 1 aliphatic carbocycles. The smallest absolute Gasteiger partial charge is 0.306 e. The van der Waals surface area contributed by atoms with Gasteiger partial charge < -0.3 is 19.1 Å². The molecule has 53 heavy (non-hydrogen) atoms. The fourth-order valence-corrected chi connectivity index (χ4v) is 7.00.